The Balaban J connectivity index is 1.79. The second-order valence-electron chi connectivity index (χ2n) is 7.60. The van der Waals surface area contributed by atoms with Crippen LogP contribution in [0.2, 0.25) is 0 Å². The van der Waals surface area contributed by atoms with Gasteiger partial charge in [0.25, 0.3) is 5.56 Å². The molecular weight excluding hydrogens is 352 g/mol. The number of aryl methyl sites for hydroxylation is 2. The van der Waals surface area contributed by atoms with E-state index in [0.29, 0.717) is 22.3 Å². The molecule has 2 aromatic carbocycles. The molecule has 1 fully saturated rings. The molecule has 0 radical (unpaired) electrons. The molecule has 1 aromatic heterocycles. The second-order valence-corrected chi connectivity index (χ2v) is 7.60. The Labute approximate surface area is 163 Å². The van der Waals surface area contributed by atoms with Crippen LogP contribution in [0.15, 0.2) is 47.3 Å². The van der Waals surface area contributed by atoms with Gasteiger partial charge in [0.15, 0.2) is 5.82 Å². The fourth-order valence-electron chi connectivity index (χ4n) is 3.84. The highest BCUT2D eigenvalue weighted by Gasteiger charge is 2.25. The number of rotatable bonds is 3. The number of nitrogens with zero attached hydrogens (tertiary/aromatic N) is 2. The van der Waals surface area contributed by atoms with Gasteiger partial charge < -0.3 is 4.84 Å². The zero-order valence-corrected chi connectivity index (χ0v) is 16.3. The molecule has 0 N–H and O–H groups in total. The summed E-state index contributed by atoms with van der Waals surface area (Å²) < 4.78 is 1.13. The number of benzene rings is 2. The van der Waals surface area contributed by atoms with Crippen LogP contribution in [0, 0.1) is 13.8 Å². The summed E-state index contributed by atoms with van der Waals surface area (Å²) >= 11 is 0. The van der Waals surface area contributed by atoms with E-state index >= 15 is 0 Å². The second kappa shape index (κ2) is 7.58. The van der Waals surface area contributed by atoms with Gasteiger partial charge in [0.1, 0.15) is 0 Å². The van der Waals surface area contributed by atoms with Gasteiger partial charge in [0, 0.05) is 5.92 Å². The molecule has 0 aliphatic heterocycles. The third-order valence-corrected chi connectivity index (χ3v) is 5.65. The van der Waals surface area contributed by atoms with Crippen molar-refractivity contribution in [1.82, 2.24) is 9.71 Å². The summed E-state index contributed by atoms with van der Waals surface area (Å²) in [4.78, 5) is 36.3. The minimum absolute atomic E-state index is 0.124. The van der Waals surface area contributed by atoms with Crippen molar-refractivity contribution in [3.05, 3.63) is 75.3 Å². The van der Waals surface area contributed by atoms with Gasteiger partial charge in [0.05, 0.1) is 16.5 Å². The lowest BCUT2D eigenvalue weighted by molar-refractivity contribution is 0.0412. The number of carbonyl (C=O) groups is 1. The third-order valence-electron chi connectivity index (χ3n) is 5.65. The van der Waals surface area contributed by atoms with E-state index < -0.39 is 5.97 Å². The molecule has 1 saturated carbocycles. The lowest BCUT2D eigenvalue weighted by atomic mass is 9.88. The average Bonchev–Trinajstić information content (AvgIpc) is 2.72. The molecule has 1 aliphatic rings. The van der Waals surface area contributed by atoms with E-state index in [1.54, 1.807) is 24.3 Å². The first-order valence-electron chi connectivity index (χ1n) is 9.86. The third kappa shape index (κ3) is 3.44. The zero-order chi connectivity index (χ0) is 19.7. The summed E-state index contributed by atoms with van der Waals surface area (Å²) in [5.74, 6) is 0.138. The molecule has 0 saturated heterocycles. The van der Waals surface area contributed by atoms with Crippen LogP contribution in [0.3, 0.4) is 0 Å². The Morgan fingerprint density at radius 3 is 2.54 bits per heavy atom. The van der Waals surface area contributed by atoms with Gasteiger partial charge in [-0.15, -0.1) is 4.73 Å². The Morgan fingerprint density at radius 1 is 1.04 bits per heavy atom. The lowest BCUT2D eigenvalue weighted by Crippen LogP contribution is -2.35. The standard InChI is InChI=1S/C23H24N2O3/c1-15-12-13-18(14-16(15)2)23(27)28-25-21(17-8-4-3-5-9-17)24-20-11-7-6-10-19(20)22(25)26/h6-7,10-14,17H,3-5,8-9H2,1-2H3. The summed E-state index contributed by atoms with van der Waals surface area (Å²) in [7, 11) is 0. The predicted molar refractivity (Wildman–Crippen MR) is 109 cm³/mol. The maximum absolute atomic E-state index is 13.1. The molecule has 0 spiro atoms. The average molecular weight is 376 g/mol. The predicted octanol–water partition coefficient (Wildman–Crippen LogP) is 4.33. The largest absolute Gasteiger partial charge is 0.363 e. The van der Waals surface area contributed by atoms with E-state index in [9.17, 15) is 9.59 Å². The molecule has 5 nitrogen and oxygen atoms in total. The molecule has 1 aliphatic carbocycles. The van der Waals surface area contributed by atoms with Crippen LogP contribution in [0.5, 0.6) is 0 Å². The van der Waals surface area contributed by atoms with Crippen LogP contribution in [0.25, 0.3) is 10.9 Å². The first-order chi connectivity index (χ1) is 13.5. The topological polar surface area (TPSA) is 61.2 Å². The highest BCUT2D eigenvalue weighted by atomic mass is 16.7. The van der Waals surface area contributed by atoms with Crippen molar-refractivity contribution in [3.63, 3.8) is 0 Å². The molecule has 0 unspecified atom stereocenters. The number of aromatic nitrogens is 2. The number of fused-ring (bicyclic) bond motifs is 1. The van der Waals surface area contributed by atoms with Crippen LogP contribution < -0.4 is 10.4 Å². The molecular formula is C23H24N2O3. The van der Waals surface area contributed by atoms with Gasteiger partial charge in [-0.3, -0.25) is 4.79 Å². The van der Waals surface area contributed by atoms with Crippen LogP contribution in [0.4, 0.5) is 0 Å². The highest BCUT2D eigenvalue weighted by molar-refractivity contribution is 5.90. The Morgan fingerprint density at radius 2 is 1.79 bits per heavy atom. The van der Waals surface area contributed by atoms with Crippen LogP contribution in [0.1, 0.15) is 65.3 Å². The normalized spacial score (nSPS) is 14.9. The molecule has 1 heterocycles. The minimum Gasteiger partial charge on any atom is -0.326 e. The Bertz CT molecular complexity index is 1090. The van der Waals surface area contributed by atoms with Gasteiger partial charge in [-0.1, -0.05) is 37.5 Å². The summed E-state index contributed by atoms with van der Waals surface area (Å²) in [5, 5.41) is 0.454. The maximum Gasteiger partial charge on any atom is 0.363 e. The van der Waals surface area contributed by atoms with Crippen molar-refractivity contribution in [3.8, 4) is 0 Å². The van der Waals surface area contributed by atoms with Gasteiger partial charge in [-0.25, -0.2) is 9.78 Å². The lowest BCUT2D eigenvalue weighted by Gasteiger charge is -2.23. The molecule has 0 atom stereocenters. The fourth-order valence-corrected chi connectivity index (χ4v) is 3.84. The number of para-hydroxylation sites is 1. The SMILES string of the molecule is Cc1ccc(C(=O)On2c(C3CCCCC3)nc3ccccc3c2=O)cc1C. The number of carbonyl (C=O) groups excluding carboxylic acids is 1. The molecule has 0 bridgehead atoms. The Kier molecular flexibility index (Phi) is 4.99. The van der Waals surface area contributed by atoms with E-state index in [1.165, 1.54) is 6.42 Å². The van der Waals surface area contributed by atoms with Crippen molar-refractivity contribution >= 4 is 16.9 Å². The van der Waals surface area contributed by atoms with E-state index in [-0.39, 0.29) is 11.5 Å². The summed E-state index contributed by atoms with van der Waals surface area (Å²) in [6.45, 7) is 3.94. The van der Waals surface area contributed by atoms with E-state index in [0.717, 1.165) is 41.5 Å². The molecule has 3 aromatic rings. The first-order valence-corrected chi connectivity index (χ1v) is 9.86. The smallest absolute Gasteiger partial charge is 0.326 e. The maximum atomic E-state index is 13.1. The monoisotopic (exact) mass is 376 g/mol. The van der Waals surface area contributed by atoms with Crippen molar-refractivity contribution in [2.45, 2.75) is 51.9 Å². The van der Waals surface area contributed by atoms with E-state index in [1.807, 2.05) is 32.0 Å². The van der Waals surface area contributed by atoms with Crippen molar-refractivity contribution < 1.29 is 9.63 Å². The molecule has 144 valence electrons. The molecule has 5 heteroatoms. The quantitative estimate of drug-likeness (QED) is 0.683. The van der Waals surface area contributed by atoms with Gasteiger partial charge >= 0.3 is 5.97 Å². The molecule has 4 rings (SSSR count). The van der Waals surface area contributed by atoms with Gasteiger partial charge in [-0.2, -0.15) is 0 Å². The van der Waals surface area contributed by atoms with E-state index in [4.69, 9.17) is 9.82 Å². The summed E-state index contributed by atoms with van der Waals surface area (Å²) in [6.07, 6.45) is 5.28. The zero-order valence-electron chi connectivity index (χ0n) is 16.3. The molecule has 28 heavy (non-hydrogen) atoms. The van der Waals surface area contributed by atoms with Crippen molar-refractivity contribution in [1.29, 1.82) is 0 Å². The highest BCUT2D eigenvalue weighted by Crippen LogP contribution is 2.31. The summed E-state index contributed by atoms with van der Waals surface area (Å²) in [5.41, 5.74) is 2.85. The molecule has 0 amide bonds. The van der Waals surface area contributed by atoms with Crippen molar-refractivity contribution in [2.24, 2.45) is 0 Å². The van der Waals surface area contributed by atoms with Crippen LogP contribution in [-0.4, -0.2) is 15.7 Å². The minimum atomic E-state index is -0.542. The van der Waals surface area contributed by atoms with E-state index in [2.05, 4.69) is 0 Å². The fraction of sp³-hybridized carbons (Fsp3) is 0.348. The van der Waals surface area contributed by atoms with Crippen LogP contribution in [-0.2, 0) is 0 Å². The first kappa shape index (κ1) is 18.4. The number of hydrogen-bond acceptors (Lipinski definition) is 4. The van der Waals surface area contributed by atoms with Crippen LogP contribution >= 0.6 is 0 Å². The van der Waals surface area contributed by atoms with Crippen molar-refractivity contribution in [2.75, 3.05) is 0 Å². The van der Waals surface area contributed by atoms with Gasteiger partial charge in [0.2, 0.25) is 0 Å². The summed E-state index contributed by atoms with van der Waals surface area (Å²) in [6, 6.07) is 12.6. The Hall–Kier alpha value is -2.95. The number of hydrogen-bond donors (Lipinski definition) is 0. The van der Waals surface area contributed by atoms with Gasteiger partial charge in [-0.05, 0) is 62.1 Å².